The van der Waals surface area contributed by atoms with E-state index >= 15 is 0 Å². The second-order valence-electron chi connectivity index (χ2n) is 5.12. The third-order valence-electron chi connectivity index (χ3n) is 3.61. The fourth-order valence-corrected chi connectivity index (χ4v) is 3.13. The van der Waals surface area contributed by atoms with Crippen LogP contribution in [-0.2, 0) is 11.3 Å². The molecule has 2 aromatic rings. The summed E-state index contributed by atoms with van der Waals surface area (Å²) < 4.78 is 10.4. The number of aromatic nitrogens is 1. The zero-order valence-corrected chi connectivity index (χ0v) is 13.3. The molecule has 0 radical (unpaired) electrons. The first-order valence-electron chi connectivity index (χ1n) is 7.40. The minimum absolute atomic E-state index is 0.219. The monoisotopic (exact) mass is 321 g/mol. The third-order valence-corrected chi connectivity index (χ3v) is 4.49. The number of carbonyl (C=O) groups excluding carboxylic acids is 1. The Balaban J connectivity index is 1.52. The molecule has 1 amide bonds. The quantitative estimate of drug-likeness (QED) is 0.866. The Bertz CT molecular complexity index is 603. The number of ether oxygens (including phenoxy) is 1. The molecule has 22 heavy (non-hydrogen) atoms. The molecule has 3 heterocycles. The van der Waals surface area contributed by atoms with Crippen LogP contribution in [0.25, 0.3) is 10.6 Å². The van der Waals surface area contributed by atoms with Crippen molar-refractivity contribution in [2.24, 2.45) is 0 Å². The van der Waals surface area contributed by atoms with E-state index in [1.54, 1.807) is 16.2 Å². The minimum atomic E-state index is -0.219. The fraction of sp³-hybridized carbons (Fsp3) is 0.467. The molecular weight excluding hydrogens is 302 g/mol. The lowest BCUT2D eigenvalue weighted by Crippen LogP contribution is -2.48. The highest BCUT2D eigenvalue weighted by atomic mass is 32.1. The molecule has 0 N–H and O–H groups in total. The first-order valence-corrected chi connectivity index (χ1v) is 8.27. The van der Waals surface area contributed by atoms with Crippen LogP contribution in [-0.4, -0.2) is 53.8 Å². The van der Waals surface area contributed by atoms with E-state index in [0.29, 0.717) is 19.7 Å². The lowest BCUT2D eigenvalue weighted by Gasteiger charge is -2.33. The molecule has 1 aliphatic heterocycles. The number of carbonyl (C=O) groups is 1. The second kappa shape index (κ2) is 6.93. The van der Waals surface area contributed by atoms with Gasteiger partial charge in [-0.05, 0) is 18.4 Å². The standard InChI is InChI=1S/C15H19N3O3S/c1-2-20-15(19)18-7-5-17(6-8-18)11-12-10-13(21-16-12)14-4-3-9-22-14/h3-4,9-10H,2,5-8,11H2,1H3. The number of piperazine rings is 1. The van der Waals surface area contributed by atoms with Crippen molar-refractivity contribution in [1.82, 2.24) is 15.0 Å². The average molecular weight is 321 g/mol. The van der Waals surface area contributed by atoms with Gasteiger partial charge in [0.05, 0.1) is 17.2 Å². The SMILES string of the molecule is CCOC(=O)N1CCN(Cc2cc(-c3cccs3)on2)CC1. The number of amides is 1. The van der Waals surface area contributed by atoms with Crippen molar-refractivity contribution in [3.63, 3.8) is 0 Å². The van der Waals surface area contributed by atoms with E-state index in [1.807, 2.05) is 30.5 Å². The largest absolute Gasteiger partial charge is 0.450 e. The molecule has 0 saturated carbocycles. The smallest absolute Gasteiger partial charge is 0.409 e. The Kier molecular flexibility index (Phi) is 4.74. The maximum Gasteiger partial charge on any atom is 0.409 e. The van der Waals surface area contributed by atoms with Crippen LogP contribution < -0.4 is 0 Å². The summed E-state index contributed by atoms with van der Waals surface area (Å²) in [6, 6.07) is 6.01. The molecular formula is C15H19N3O3S. The summed E-state index contributed by atoms with van der Waals surface area (Å²) >= 11 is 1.64. The van der Waals surface area contributed by atoms with Gasteiger partial charge in [-0.3, -0.25) is 4.90 Å². The summed E-state index contributed by atoms with van der Waals surface area (Å²) in [5.74, 6) is 0.815. The molecule has 2 aromatic heterocycles. The van der Waals surface area contributed by atoms with Gasteiger partial charge in [-0.25, -0.2) is 4.79 Å². The predicted molar refractivity (Wildman–Crippen MR) is 83.7 cm³/mol. The van der Waals surface area contributed by atoms with Crippen LogP contribution in [0.2, 0.25) is 0 Å². The van der Waals surface area contributed by atoms with Crippen LogP contribution in [0.1, 0.15) is 12.6 Å². The highest BCUT2D eigenvalue weighted by Gasteiger charge is 2.22. The van der Waals surface area contributed by atoms with E-state index in [4.69, 9.17) is 9.26 Å². The number of nitrogens with zero attached hydrogens (tertiary/aromatic N) is 3. The van der Waals surface area contributed by atoms with Gasteiger partial charge in [-0.15, -0.1) is 11.3 Å². The first-order chi connectivity index (χ1) is 10.8. The molecule has 6 nitrogen and oxygen atoms in total. The highest BCUT2D eigenvalue weighted by Crippen LogP contribution is 2.25. The summed E-state index contributed by atoms with van der Waals surface area (Å²) in [4.78, 5) is 16.8. The number of hydrogen-bond donors (Lipinski definition) is 0. The van der Waals surface area contributed by atoms with Gasteiger partial charge in [-0.1, -0.05) is 11.2 Å². The number of thiophene rings is 1. The zero-order valence-electron chi connectivity index (χ0n) is 12.5. The Morgan fingerprint density at radius 1 is 1.41 bits per heavy atom. The number of hydrogen-bond acceptors (Lipinski definition) is 6. The van der Waals surface area contributed by atoms with E-state index in [2.05, 4.69) is 10.1 Å². The van der Waals surface area contributed by atoms with Gasteiger partial charge in [0.15, 0.2) is 5.76 Å². The summed E-state index contributed by atoms with van der Waals surface area (Å²) in [7, 11) is 0. The molecule has 0 aliphatic carbocycles. The van der Waals surface area contributed by atoms with Gasteiger partial charge in [0.25, 0.3) is 0 Å². The highest BCUT2D eigenvalue weighted by molar-refractivity contribution is 7.13. The van der Waals surface area contributed by atoms with Gasteiger partial charge in [0.2, 0.25) is 0 Å². The van der Waals surface area contributed by atoms with E-state index in [0.717, 1.165) is 36.0 Å². The minimum Gasteiger partial charge on any atom is -0.450 e. The summed E-state index contributed by atoms with van der Waals surface area (Å²) in [5, 5.41) is 6.15. The van der Waals surface area contributed by atoms with E-state index < -0.39 is 0 Å². The zero-order chi connectivity index (χ0) is 15.4. The summed E-state index contributed by atoms with van der Waals surface area (Å²) in [6.07, 6.45) is -0.219. The molecule has 1 saturated heterocycles. The second-order valence-corrected chi connectivity index (χ2v) is 6.07. The van der Waals surface area contributed by atoms with E-state index in [-0.39, 0.29) is 6.09 Å². The van der Waals surface area contributed by atoms with Gasteiger partial charge >= 0.3 is 6.09 Å². The lowest BCUT2D eigenvalue weighted by atomic mass is 10.2. The molecule has 0 aromatic carbocycles. The van der Waals surface area contributed by atoms with Crippen molar-refractivity contribution in [2.75, 3.05) is 32.8 Å². The Morgan fingerprint density at radius 2 is 2.23 bits per heavy atom. The van der Waals surface area contributed by atoms with Crippen molar-refractivity contribution < 1.29 is 14.1 Å². The van der Waals surface area contributed by atoms with Crippen LogP contribution in [0.5, 0.6) is 0 Å². The van der Waals surface area contributed by atoms with Gasteiger partial charge in [0, 0.05) is 38.8 Å². The van der Waals surface area contributed by atoms with Crippen molar-refractivity contribution in [3.05, 3.63) is 29.3 Å². The lowest BCUT2D eigenvalue weighted by molar-refractivity contribution is 0.0772. The number of rotatable bonds is 4. The molecule has 7 heteroatoms. The van der Waals surface area contributed by atoms with Crippen LogP contribution in [0.4, 0.5) is 4.79 Å². The van der Waals surface area contributed by atoms with E-state index in [1.165, 1.54) is 0 Å². The van der Waals surface area contributed by atoms with Crippen LogP contribution in [0.3, 0.4) is 0 Å². The first kappa shape index (κ1) is 15.1. The normalized spacial score (nSPS) is 16.0. The average Bonchev–Trinajstić information content (AvgIpc) is 3.19. The van der Waals surface area contributed by atoms with E-state index in [9.17, 15) is 4.79 Å². The Hall–Kier alpha value is -1.86. The van der Waals surface area contributed by atoms with Gasteiger partial charge < -0.3 is 14.2 Å². The summed E-state index contributed by atoms with van der Waals surface area (Å²) in [5.41, 5.74) is 0.924. The van der Waals surface area contributed by atoms with Gasteiger partial charge in [0.1, 0.15) is 0 Å². The molecule has 1 fully saturated rings. The molecule has 0 bridgehead atoms. The maximum absolute atomic E-state index is 11.7. The summed E-state index contributed by atoms with van der Waals surface area (Å²) in [6.45, 7) is 6.00. The van der Waals surface area contributed by atoms with Crippen molar-refractivity contribution >= 4 is 17.4 Å². The van der Waals surface area contributed by atoms with Gasteiger partial charge in [-0.2, -0.15) is 0 Å². The molecule has 0 atom stereocenters. The molecule has 0 unspecified atom stereocenters. The molecule has 3 rings (SSSR count). The van der Waals surface area contributed by atoms with Crippen molar-refractivity contribution in [1.29, 1.82) is 0 Å². The Labute approximate surface area is 133 Å². The van der Waals surface area contributed by atoms with Crippen molar-refractivity contribution in [3.8, 4) is 10.6 Å². The molecule has 1 aliphatic rings. The van der Waals surface area contributed by atoms with Crippen LogP contribution >= 0.6 is 11.3 Å². The predicted octanol–water partition coefficient (Wildman–Crippen LogP) is 2.68. The molecule has 0 spiro atoms. The van der Waals surface area contributed by atoms with Crippen molar-refractivity contribution in [2.45, 2.75) is 13.5 Å². The fourth-order valence-electron chi connectivity index (χ4n) is 2.45. The maximum atomic E-state index is 11.7. The third kappa shape index (κ3) is 3.48. The topological polar surface area (TPSA) is 58.8 Å². The van der Waals surface area contributed by atoms with Crippen LogP contribution in [0.15, 0.2) is 28.1 Å². The Morgan fingerprint density at radius 3 is 2.91 bits per heavy atom. The van der Waals surface area contributed by atoms with Crippen LogP contribution in [0, 0.1) is 0 Å². The molecule has 118 valence electrons.